The lowest BCUT2D eigenvalue weighted by Crippen LogP contribution is -2.44. The standard InChI is InChI=1S/C20H17FO6/c1-20(21)16(27-18(23)14-10-6-3-7-11-14)15(26-19(20)24)12-25-17(22)13-8-4-2-5-9-13/h2-11,15-16H,12H2,1H3/t15-,16+,20+/m0/s1. The molecular weight excluding hydrogens is 355 g/mol. The van der Waals surface area contributed by atoms with Crippen LogP contribution in [0, 0.1) is 0 Å². The van der Waals surface area contributed by atoms with Gasteiger partial charge in [0.25, 0.3) is 0 Å². The molecule has 1 aliphatic rings. The first-order valence-electron chi connectivity index (χ1n) is 8.28. The topological polar surface area (TPSA) is 78.9 Å². The van der Waals surface area contributed by atoms with Gasteiger partial charge in [-0.15, -0.1) is 0 Å². The van der Waals surface area contributed by atoms with Gasteiger partial charge < -0.3 is 14.2 Å². The summed E-state index contributed by atoms with van der Waals surface area (Å²) < 4.78 is 30.0. The van der Waals surface area contributed by atoms with Crippen molar-refractivity contribution >= 4 is 17.9 Å². The van der Waals surface area contributed by atoms with Gasteiger partial charge in [-0.25, -0.2) is 18.8 Å². The Bertz CT molecular complexity index is 834. The molecule has 1 aliphatic heterocycles. The number of benzene rings is 2. The van der Waals surface area contributed by atoms with Gasteiger partial charge in [0.05, 0.1) is 11.1 Å². The predicted octanol–water partition coefficient (Wildman–Crippen LogP) is 2.72. The van der Waals surface area contributed by atoms with E-state index in [1.807, 2.05) is 0 Å². The molecule has 7 heteroatoms. The number of esters is 3. The molecule has 0 radical (unpaired) electrons. The van der Waals surface area contributed by atoms with Gasteiger partial charge in [-0.05, 0) is 31.2 Å². The van der Waals surface area contributed by atoms with E-state index in [2.05, 4.69) is 0 Å². The quantitative estimate of drug-likeness (QED) is 0.593. The van der Waals surface area contributed by atoms with Gasteiger partial charge in [0, 0.05) is 0 Å². The molecular formula is C20H17FO6. The minimum Gasteiger partial charge on any atom is -0.458 e. The number of carbonyl (C=O) groups is 3. The molecule has 0 aromatic heterocycles. The van der Waals surface area contributed by atoms with Crippen molar-refractivity contribution in [1.29, 1.82) is 0 Å². The van der Waals surface area contributed by atoms with Crippen LogP contribution in [0.2, 0.25) is 0 Å². The molecule has 0 amide bonds. The minimum absolute atomic E-state index is 0.202. The Balaban J connectivity index is 1.70. The zero-order valence-corrected chi connectivity index (χ0v) is 14.5. The molecule has 27 heavy (non-hydrogen) atoms. The van der Waals surface area contributed by atoms with Gasteiger partial charge in [-0.3, -0.25) is 0 Å². The van der Waals surface area contributed by atoms with Crippen molar-refractivity contribution < 1.29 is 33.0 Å². The summed E-state index contributed by atoms with van der Waals surface area (Å²) in [5, 5.41) is 0. The molecule has 0 bridgehead atoms. The van der Waals surface area contributed by atoms with Crippen molar-refractivity contribution in [2.45, 2.75) is 24.8 Å². The highest BCUT2D eigenvalue weighted by Gasteiger charge is 2.58. The van der Waals surface area contributed by atoms with Crippen molar-refractivity contribution in [3.8, 4) is 0 Å². The van der Waals surface area contributed by atoms with Crippen LogP contribution in [0.3, 0.4) is 0 Å². The molecule has 140 valence electrons. The molecule has 0 saturated carbocycles. The molecule has 2 aromatic carbocycles. The zero-order valence-electron chi connectivity index (χ0n) is 14.5. The normalized spacial score (nSPS) is 24.1. The molecule has 0 spiro atoms. The van der Waals surface area contributed by atoms with Crippen LogP contribution in [0.1, 0.15) is 27.6 Å². The predicted molar refractivity (Wildman–Crippen MR) is 91.8 cm³/mol. The fourth-order valence-corrected chi connectivity index (χ4v) is 2.66. The number of hydrogen-bond acceptors (Lipinski definition) is 6. The van der Waals surface area contributed by atoms with Crippen molar-refractivity contribution in [2.75, 3.05) is 6.61 Å². The van der Waals surface area contributed by atoms with Crippen molar-refractivity contribution in [1.82, 2.24) is 0 Å². The average Bonchev–Trinajstić information content (AvgIpc) is 2.90. The molecule has 2 aromatic rings. The van der Waals surface area contributed by atoms with Crippen LogP contribution < -0.4 is 0 Å². The van der Waals surface area contributed by atoms with Crippen LogP contribution in [0.4, 0.5) is 4.39 Å². The summed E-state index contributed by atoms with van der Waals surface area (Å²) >= 11 is 0. The first-order valence-corrected chi connectivity index (χ1v) is 8.28. The maximum atomic E-state index is 14.8. The highest BCUT2D eigenvalue weighted by Crippen LogP contribution is 2.33. The number of halogens is 1. The van der Waals surface area contributed by atoms with Crippen molar-refractivity contribution in [3.63, 3.8) is 0 Å². The van der Waals surface area contributed by atoms with Crippen LogP contribution in [0.5, 0.6) is 0 Å². The first kappa shape index (κ1) is 18.6. The molecule has 1 saturated heterocycles. The largest absolute Gasteiger partial charge is 0.458 e. The van der Waals surface area contributed by atoms with Gasteiger partial charge in [0.2, 0.25) is 5.67 Å². The molecule has 0 N–H and O–H groups in total. The number of cyclic esters (lactones) is 1. The van der Waals surface area contributed by atoms with E-state index in [0.29, 0.717) is 5.56 Å². The van der Waals surface area contributed by atoms with Crippen LogP contribution >= 0.6 is 0 Å². The lowest BCUT2D eigenvalue weighted by atomic mass is 10.00. The molecule has 3 atom stereocenters. The Morgan fingerprint density at radius 2 is 1.52 bits per heavy atom. The summed E-state index contributed by atoms with van der Waals surface area (Å²) in [7, 11) is 0. The monoisotopic (exact) mass is 372 g/mol. The second kappa shape index (κ2) is 7.57. The maximum absolute atomic E-state index is 14.8. The number of hydrogen-bond donors (Lipinski definition) is 0. The number of carbonyl (C=O) groups excluding carboxylic acids is 3. The summed E-state index contributed by atoms with van der Waals surface area (Å²) in [5.74, 6) is -2.64. The Labute approximate surface area is 154 Å². The summed E-state index contributed by atoms with van der Waals surface area (Å²) in [6, 6.07) is 16.1. The summed E-state index contributed by atoms with van der Waals surface area (Å²) in [6.07, 6.45) is -2.78. The Morgan fingerprint density at radius 1 is 1.00 bits per heavy atom. The molecule has 0 aliphatic carbocycles. The molecule has 0 unspecified atom stereocenters. The van der Waals surface area contributed by atoms with Gasteiger partial charge in [-0.1, -0.05) is 36.4 Å². The second-order valence-electron chi connectivity index (χ2n) is 6.18. The number of rotatable bonds is 5. The molecule has 1 heterocycles. The third-order valence-electron chi connectivity index (χ3n) is 4.16. The fraction of sp³-hybridized carbons (Fsp3) is 0.250. The molecule has 1 fully saturated rings. The van der Waals surface area contributed by atoms with E-state index < -0.39 is 42.4 Å². The van der Waals surface area contributed by atoms with Gasteiger partial charge in [0.15, 0.2) is 12.2 Å². The SMILES string of the molecule is C[C@]1(F)C(=O)O[C@@H](COC(=O)c2ccccc2)[C@H]1OC(=O)c1ccccc1. The Hall–Kier alpha value is -3.22. The van der Waals surface area contributed by atoms with Crippen LogP contribution in [0.25, 0.3) is 0 Å². The highest BCUT2D eigenvalue weighted by molar-refractivity contribution is 5.91. The third kappa shape index (κ3) is 3.97. The van der Waals surface area contributed by atoms with Gasteiger partial charge >= 0.3 is 17.9 Å². The molecule has 3 rings (SSSR count). The lowest BCUT2D eigenvalue weighted by Gasteiger charge is -2.22. The maximum Gasteiger partial charge on any atom is 0.348 e. The summed E-state index contributed by atoms with van der Waals surface area (Å²) in [5.41, 5.74) is -2.05. The average molecular weight is 372 g/mol. The van der Waals surface area contributed by atoms with E-state index >= 15 is 0 Å². The lowest BCUT2D eigenvalue weighted by molar-refractivity contribution is -0.150. The third-order valence-corrected chi connectivity index (χ3v) is 4.16. The van der Waals surface area contributed by atoms with Gasteiger partial charge in [0.1, 0.15) is 6.61 Å². The van der Waals surface area contributed by atoms with E-state index in [1.165, 1.54) is 12.1 Å². The number of ether oxygens (including phenoxy) is 3. The second-order valence-corrected chi connectivity index (χ2v) is 6.18. The van der Waals surface area contributed by atoms with E-state index in [4.69, 9.17) is 14.2 Å². The fourth-order valence-electron chi connectivity index (χ4n) is 2.66. The Kier molecular flexibility index (Phi) is 5.21. The Morgan fingerprint density at radius 3 is 2.07 bits per heavy atom. The number of alkyl halides is 1. The van der Waals surface area contributed by atoms with E-state index in [1.54, 1.807) is 48.5 Å². The highest BCUT2D eigenvalue weighted by atomic mass is 19.1. The van der Waals surface area contributed by atoms with E-state index in [0.717, 1.165) is 6.92 Å². The van der Waals surface area contributed by atoms with Crippen LogP contribution in [-0.4, -0.2) is 42.4 Å². The summed E-state index contributed by atoms with van der Waals surface area (Å²) in [6.45, 7) is 0.531. The van der Waals surface area contributed by atoms with Crippen LogP contribution in [-0.2, 0) is 19.0 Å². The van der Waals surface area contributed by atoms with Gasteiger partial charge in [-0.2, -0.15) is 0 Å². The van der Waals surface area contributed by atoms with E-state index in [-0.39, 0.29) is 5.56 Å². The zero-order chi connectivity index (χ0) is 19.4. The first-order chi connectivity index (χ1) is 12.9. The smallest absolute Gasteiger partial charge is 0.348 e. The van der Waals surface area contributed by atoms with Crippen molar-refractivity contribution in [3.05, 3.63) is 71.8 Å². The minimum atomic E-state index is -2.55. The summed E-state index contributed by atoms with van der Waals surface area (Å²) in [4.78, 5) is 36.1. The van der Waals surface area contributed by atoms with Crippen LogP contribution in [0.15, 0.2) is 60.7 Å². The van der Waals surface area contributed by atoms with E-state index in [9.17, 15) is 18.8 Å². The van der Waals surface area contributed by atoms with Crippen molar-refractivity contribution in [2.24, 2.45) is 0 Å². The molecule has 6 nitrogen and oxygen atoms in total.